The van der Waals surface area contributed by atoms with Gasteiger partial charge in [-0.15, -0.1) is 0 Å². The molecule has 1 saturated heterocycles. The van der Waals surface area contributed by atoms with Crippen LogP contribution in [0.25, 0.3) is 6.08 Å². The second-order valence-electron chi connectivity index (χ2n) is 8.78. The fourth-order valence-corrected chi connectivity index (χ4v) is 3.56. The zero-order valence-electron chi connectivity index (χ0n) is 18.5. The van der Waals surface area contributed by atoms with E-state index in [9.17, 15) is 14.0 Å². The maximum absolute atomic E-state index is 13.2. The van der Waals surface area contributed by atoms with Gasteiger partial charge in [0.1, 0.15) is 17.2 Å². The number of hydrogen-bond acceptors (Lipinski definition) is 5. The normalized spacial score (nSPS) is 16.9. The summed E-state index contributed by atoms with van der Waals surface area (Å²) in [5, 5.41) is 8.79. The number of carboxylic acid groups (broad SMARTS) is 1. The van der Waals surface area contributed by atoms with E-state index in [1.807, 2.05) is 20.8 Å². The highest BCUT2D eigenvalue weighted by molar-refractivity contribution is 5.88. The van der Waals surface area contributed by atoms with E-state index < -0.39 is 17.7 Å². The van der Waals surface area contributed by atoms with Crippen LogP contribution in [0.1, 0.15) is 38.3 Å². The number of likely N-dealkylation sites (tertiary alicyclic amines) is 1. The van der Waals surface area contributed by atoms with E-state index in [2.05, 4.69) is 9.88 Å². The molecular weight excluding hydrogens is 413 g/mol. The van der Waals surface area contributed by atoms with Gasteiger partial charge in [0.05, 0.1) is 6.04 Å². The fraction of sp³-hybridized carbons (Fsp3) is 0.375. The van der Waals surface area contributed by atoms with Crippen LogP contribution in [-0.2, 0) is 16.1 Å². The molecular formula is C24H28FN3O4. The van der Waals surface area contributed by atoms with Gasteiger partial charge >= 0.3 is 12.1 Å². The minimum Gasteiger partial charge on any atom is -0.478 e. The molecule has 1 amide bonds. The highest BCUT2D eigenvalue weighted by Crippen LogP contribution is 2.25. The van der Waals surface area contributed by atoms with Crippen molar-refractivity contribution in [3.05, 3.63) is 65.6 Å². The predicted molar refractivity (Wildman–Crippen MR) is 120 cm³/mol. The third-order valence-corrected chi connectivity index (χ3v) is 4.96. The summed E-state index contributed by atoms with van der Waals surface area (Å²) >= 11 is 0. The van der Waals surface area contributed by atoms with Gasteiger partial charge in [0.15, 0.2) is 0 Å². The standard InChI is InChI=1S/C24H28FN3O4/c1-24(2,3)32-23(31)28(21-10-6-17(14-26-21)7-11-22(29)30)20-12-13-27(16-20)15-18-4-8-19(25)9-5-18/h4-11,14,20H,12-13,15-16H2,1-3H3,(H,29,30)/b11-7+/t20-/m1/s1. The lowest BCUT2D eigenvalue weighted by molar-refractivity contribution is -0.131. The molecule has 3 rings (SSSR count). The molecule has 1 aliphatic rings. The van der Waals surface area contributed by atoms with Crippen molar-refractivity contribution < 1.29 is 23.8 Å². The minimum atomic E-state index is -1.04. The molecule has 1 N–H and O–H groups in total. The predicted octanol–water partition coefficient (Wildman–Crippen LogP) is 4.33. The largest absolute Gasteiger partial charge is 0.478 e. The molecule has 0 bridgehead atoms. The Morgan fingerprint density at radius 3 is 2.56 bits per heavy atom. The molecule has 8 heteroatoms. The summed E-state index contributed by atoms with van der Waals surface area (Å²) in [6, 6.07) is 9.68. The number of carbonyl (C=O) groups is 2. The Bertz CT molecular complexity index is 968. The van der Waals surface area contributed by atoms with Gasteiger partial charge in [0, 0.05) is 31.9 Å². The first kappa shape index (κ1) is 23.4. The topological polar surface area (TPSA) is 83.0 Å². The van der Waals surface area contributed by atoms with Crippen molar-refractivity contribution in [2.24, 2.45) is 0 Å². The number of ether oxygens (including phenoxy) is 1. The first-order valence-electron chi connectivity index (χ1n) is 10.5. The van der Waals surface area contributed by atoms with E-state index in [1.165, 1.54) is 24.4 Å². The number of rotatable bonds is 6. The lowest BCUT2D eigenvalue weighted by atomic mass is 10.2. The second-order valence-corrected chi connectivity index (χ2v) is 8.78. The van der Waals surface area contributed by atoms with Crippen LogP contribution in [0.2, 0.25) is 0 Å². The Hall–Kier alpha value is -3.26. The second kappa shape index (κ2) is 9.91. The lowest BCUT2D eigenvalue weighted by Crippen LogP contribution is -2.45. The number of aromatic nitrogens is 1. The Morgan fingerprint density at radius 1 is 1.25 bits per heavy atom. The van der Waals surface area contributed by atoms with Crippen LogP contribution in [0.5, 0.6) is 0 Å². The number of benzene rings is 1. The van der Waals surface area contributed by atoms with Crippen LogP contribution in [0.4, 0.5) is 15.0 Å². The first-order valence-corrected chi connectivity index (χ1v) is 10.5. The number of aliphatic carboxylic acids is 1. The van der Waals surface area contributed by atoms with Crippen LogP contribution in [0.15, 0.2) is 48.7 Å². The van der Waals surface area contributed by atoms with Crippen LogP contribution >= 0.6 is 0 Å². The van der Waals surface area contributed by atoms with Crippen molar-refractivity contribution in [2.75, 3.05) is 18.0 Å². The van der Waals surface area contributed by atoms with Crippen LogP contribution in [-0.4, -0.2) is 51.8 Å². The lowest BCUT2D eigenvalue weighted by Gasteiger charge is -2.31. The molecule has 0 spiro atoms. The van der Waals surface area contributed by atoms with Crippen molar-refractivity contribution >= 4 is 24.0 Å². The maximum Gasteiger partial charge on any atom is 0.416 e. The van der Waals surface area contributed by atoms with Crippen molar-refractivity contribution in [3.8, 4) is 0 Å². The van der Waals surface area contributed by atoms with Crippen molar-refractivity contribution in [2.45, 2.75) is 45.4 Å². The molecule has 1 atom stereocenters. The molecule has 170 valence electrons. The molecule has 1 fully saturated rings. The number of carboxylic acids is 1. The minimum absolute atomic E-state index is 0.141. The smallest absolute Gasteiger partial charge is 0.416 e. The molecule has 2 heterocycles. The monoisotopic (exact) mass is 441 g/mol. The van der Waals surface area contributed by atoms with E-state index in [-0.39, 0.29) is 11.9 Å². The third-order valence-electron chi connectivity index (χ3n) is 4.96. The molecule has 32 heavy (non-hydrogen) atoms. The molecule has 0 radical (unpaired) electrons. The molecule has 0 aliphatic carbocycles. The molecule has 1 aliphatic heterocycles. The number of amides is 1. The number of hydrogen-bond donors (Lipinski definition) is 1. The van der Waals surface area contributed by atoms with E-state index in [4.69, 9.17) is 9.84 Å². The van der Waals surface area contributed by atoms with Gasteiger partial charge in [-0.25, -0.2) is 19.0 Å². The number of nitrogens with zero attached hydrogens (tertiary/aromatic N) is 3. The van der Waals surface area contributed by atoms with Crippen molar-refractivity contribution in [3.63, 3.8) is 0 Å². The van der Waals surface area contributed by atoms with Gasteiger partial charge in [0.25, 0.3) is 0 Å². The Kier molecular flexibility index (Phi) is 7.25. The highest BCUT2D eigenvalue weighted by Gasteiger charge is 2.35. The summed E-state index contributed by atoms with van der Waals surface area (Å²) in [4.78, 5) is 32.0. The third kappa shape index (κ3) is 6.62. The molecule has 7 nitrogen and oxygen atoms in total. The van der Waals surface area contributed by atoms with Crippen molar-refractivity contribution in [1.82, 2.24) is 9.88 Å². The summed E-state index contributed by atoms with van der Waals surface area (Å²) in [5.41, 5.74) is 0.958. The molecule has 0 saturated carbocycles. The van der Waals surface area contributed by atoms with Gasteiger partial charge in [-0.3, -0.25) is 9.80 Å². The summed E-state index contributed by atoms with van der Waals surface area (Å²) in [6.45, 7) is 7.49. The molecule has 2 aromatic rings. The van der Waals surface area contributed by atoms with Crippen LogP contribution in [0, 0.1) is 5.82 Å². The zero-order chi connectivity index (χ0) is 23.3. The van der Waals surface area contributed by atoms with Gasteiger partial charge < -0.3 is 9.84 Å². The van der Waals surface area contributed by atoms with E-state index in [1.54, 1.807) is 29.2 Å². The summed E-state index contributed by atoms with van der Waals surface area (Å²) in [5.74, 6) is -0.867. The summed E-state index contributed by atoms with van der Waals surface area (Å²) < 4.78 is 18.8. The van der Waals surface area contributed by atoms with E-state index in [0.29, 0.717) is 24.5 Å². The number of pyridine rings is 1. The fourth-order valence-electron chi connectivity index (χ4n) is 3.56. The molecule has 0 unspecified atom stereocenters. The Labute approximate surface area is 187 Å². The number of carbonyl (C=O) groups excluding carboxylic acids is 1. The SMILES string of the molecule is CC(C)(C)OC(=O)N(c1ccc(/C=C/C(=O)O)cn1)[C@@H]1CCN(Cc2ccc(F)cc2)C1. The first-order chi connectivity index (χ1) is 15.1. The summed E-state index contributed by atoms with van der Waals surface area (Å²) in [7, 11) is 0. The van der Waals surface area contributed by atoms with Crippen LogP contribution < -0.4 is 4.90 Å². The zero-order valence-corrected chi connectivity index (χ0v) is 18.5. The van der Waals surface area contributed by atoms with Gasteiger partial charge in [-0.1, -0.05) is 12.1 Å². The van der Waals surface area contributed by atoms with Gasteiger partial charge in [-0.2, -0.15) is 0 Å². The quantitative estimate of drug-likeness (QED) is 0.672. The van der Waals surface area contributed by atoms with Gasteiger partial charge in [0.2, 0.25) is 0 Å². The van der Waals surface area contributed by atoms with E-state index >= 15 is 0 Å². The average Bonchev–Trinajstić information content (AvgIpc) is 3.16. The maximum atomic E-state index is 13.2. The molecule has 1 aromatic carbocycles. The number of anilines is 1. The van der Waals surface area contributed by atoms with Crippen molar-refractivity contribution in [1.29, 1.82) is 0 Å². The Morgan fingerprint density at radius 2 is 1.97 bits per heavy atom. The Balaban J connectivity index is 1.78. The van der Waals surface area contributed by atoms with E-state index in [0.717, 1.165) is 24.6 Å². The van der Waals surface area contributed by atoms with Gasteiger partial charge in [-0.05, 0) is 68.7 Å². The number of halogens is 1. The highest BCUT2D eigenvalue weighted by atomic mass is 19.1. The average molecular weight is 442 g/mol. The van der Waals surface area contributed by atoms with Crippen LogP contribution in [0.3, 0.4) is 0 Å². The summed E-state index contributed by atoms with van der Waals surface area (Å²) in [6.07, 6.45) is 4.26. The molecule has 1 aromatic heterocycles.